The van der Waals surface area contributed by atoms with Crippen LogP contribution in [0.2, 0.25) is 0 Å². The zero-order chi connectivity index (χ0) is 12.5. The fourth-order valence-corrected chi connectivity index (χ4v) is 3.41. The van der Waals surface area contributed by atoms with Gasteiger partial charge in [-0.15, -0.1) is 0 Å². The molecule has 0 aromatic heterocycles. The normalized spacial score (nSPS) is 27.0. The van der Waals surface area contributed by atoms with Crippen molar-refractivity contribution in [1.29, 1.82) is 0 Å². The lowest BCUT2D eigenvalue weighted by atomic mass is 9.76. The average molecular weight is 239 g/mol. The lowest BCUT2D eigenvalue weighted by Crippen LogP contribution is -2.35. The Bertz CT molecular complexity index is 170. The molecule has 102 valence electrons. The second-order valence-electron chi connectivity index (χ2n) is 5.96. The zero-order valence-corrected chi connectivity index (χ0v) is 12.3. The van der Waals surface area contributed by atoms with E-state index in [1.54, 1.807) is 0 Å². The molecule has 0 radical (unpaired) electrons. The van der Waals surface area contributed by atoms with E-state index in [0.717, 1.165) is 17.9 Å². The molecule has 1 saturated carbocycles. The maximum atomic E-state index is 3.56. The van der Waals surface area contributed by atoms with Crippen molar-refractivity contribution < 1.29 is 0 Å². The molecule has 17 heavy (non-hydrogen) atoms. The van der Waals surface area contributed by atoms with Crippen LogP contribution in [0, 0.1) is 11.8 Å². The van der Waals surface area contributed by atoms with Crippen LogP contribution >= 0.6 is 0 Å². The van der Waals surface area contributed by atoms with Crippen molar-refractivity contribution in [2.45, 2.75) is 84.1 Å². The SMILES string of the molecule is CCCCC1CCC(C(CCCC)NC)CC1. The highest BCUT2D eigenvalue weighted by Gasteiger charge is 2.25. The Morgan fingerprint density at radius 1 is 1.00 bits per heavy atom. The molecule has 1 heteroatoms. The molecule has 1 unspecified atom stereocenters. The van der Waals surface area contributed by atoms with E-state index in [2.05, 4.69) is 26.2 Å². The monoisotopic (exact) mass is 239 g/mol. The molecule has 0 amide bonds. The molecular weight excluding hydrogens is 206 g/mol. The molecule has 1 N–H and O–H groups in total. The molecule has 0 aromatic rings. The van der Waals surface area contributed by atoms with Crippen LogP contribution in [-0.4, -0.2) is 13.1 Å². The third kappa shape index (κ3) is 5.42. The number of unbranched alkanes of at least 4 members (excludes halogenated alkanes) is 2. The minimum absolute atomic E-state index is 0.794. The van der Waals surface area contributed by atoms with Gasteiger partial charge in [0.25, 0.3) is 0 Å². The molecule has 0 heterocycles. The molecule has 1 nitrogen and oxygen atoms in total. The van der Waals surface area contributed by atoms with E-state index in [0.29, 0.717) is 0 Å². The summed E-state index contributed by atoms with van der Waals surface area (Å²) < 4.78 is 0. The van der Waals surface area contributed by atoms with Gasteiger partial charge in [-0.3, -0.25) is 0 Å². The Hall–Kier alpha value is -0.0400. The van der Waals surface area contributed by atoms with Crippen molar-refractivity contribution in [1.82, 2.24) is 5.32 Å². The first-order valence-electron chi connectivity index (χ1n) is 7.99. The molecule has 0 aromatic carbocycles. The maximum absolute atomic E-state index is 3.56. The summed E-state index contributed by atoms with van der Waals surface area (Å²) in [5, 5.41) is 3.56. The second-order valence-corrected chi connectivity index (χ2v) is 5.96. The summed E-state index contributed by atoms with van der Waals surface area (Å²) in [7, 11) is 2.16. The first-order chi connectivity index (χ1) is 8.31. The van der Waals surface area contributed by atoms with E-state index in [-0.39, 0.29) is 0 Å². The Labute approximate surface area is 109 Å². The zero-order valence-electron chi connectivity index (χ0n) is 12.3. The van der Waals surface area contributed by atoms with Gasteiger partial charge in [-0.05, 0) is 38.1 Å². The highest BCUT2D eigenvalue weighted by molar-refractivity contribution is 4.81. The molecule has 0 bridgehead atoms. The smallest absolute Gasteiger partial charge is 0.00923 e. The summed E-state index contributed by atoms with van der Waals surface area (Å²) in [6.45, 7) is 4.61. The molecule has 1 rings (SSSR count). The Balaban J connectivity index is 2.24. The van der Waals surface area contributed by atoms with Crippen molar-refractivity contribution in [3.05, 3.63) is 0 Å². The van der Waals surface area contributed by atoms with Crippen LogP contribution in [-0.2, 0) is 0 Å². The topological polar surface area (TPSA) is 12.0 Å². The Morgan fingerprint density at radius 2 is 1.65 bits per heavy atom. The summed E-state index contributed by atoms with van der Waals surface area (Å²) >= 11 is 0. The van der Waals surface area contributed by atoms with Crippen LogP contribution in [0.15, 0.2) is 0 Å². The van der Waals surface area contributed by atoms with Crippen LogP contribution < -0.4 is 5.32 Å². The van der Waals surface area contributed by atoms with Gasteiger partial charge in [-0.25, -0.2) is 0 Å². The molecular formula is C16H33N. The van der Waals surface area contributed by atoms with Crippen molar-refractivity contribution >= 4 is 0 Å². The van der Waals surface area contributed by atoms with Crippen molar-refractivity contribution in [3.8, 4) is 0 Å². The van der Waals surface area contributed by atoms with Crippen molar-refractivity contribution in [2.75, 3.05) is 7.05 Å². The van der Waals surface area contributed by atoms with E-state index in [1.165, 1.54) is 64.2 Å². The predicted octanol–water partition coefficient (Wildman–Crippen LogP) is 4.76. The third-order valence-corrected chi connectivity index (χ3v) is 4.67. The summed E-state index contributed by atoms with van der Waals surface area (Å²) in [6.07, 6.45) is 14.4. The number of nitrogens with one attached hydrogen (secondary N) is 1. The van der Waals surface area contributed by atoms with Crippen LogP contribution in [0.3, 0.4) is 0 Å². The number of hydrogen-bond acceptors (Lipinski definition) is 1. The van der Waals surface area contributed by atoms with Crippen molar-refractivity contribution in [2.24, 2.45) is 11.8 Å². The van der Waals surface area contributed by atoms with Crippen LogP contribution in [0.25, 0.3) is 0 Å². The Kier molecular flexibility index (Phi) is 7.92. The second kappa shape index (κ2) is 8.97. The van der Waals surface area contributed by atoms with Gasteiger partial charge in [0.1, 0.15) is 0 Å². The van der Waals surface area contributed by atoms with Gasteiger partial charge in [0.05, 0.1) is 0 Å². The summed E-state index contributed by atoms with van der Waals surface area (Å²) in [5.74, 6) is 2.01. The number of hydrogen-bond donors (Lipinski definition) is 1. The van der Waals surface area contributed by atoms with Gasteiger partial charge in [0.15, 0.2) is 0 Å². The standard InChI is InChI=1S/C16H33N/c1-4-6-8-14-10-12-15(13-11-14)16(17-3)9-7-5-2/h14-17H,4-13H2,1-3H3. The van der Waals surface area contributed by atoms with Gasteiger partial charge < -0.3 is 5.32 Å². The van der Waals surface area contributed by atoms with Gasteiger partial charge in [-0.1, -0.05) is 58.8 Å². The molecule has 1 fully saturated rings. The fourth-order valence-electron chi connectivity index (χ4n) is 3.41. The highest BCUT2D eigenvalue weighted by atomic mass is 14.9. The minimum Gasteiger partial charge on any atom is -0.317 e. The molecule has 1 aliphatic rings. The first kappa shape index (κ1) is 15.0. The van der Waals surface area contributed by atoms with Gasteiger partial charge in [0.2, 0.25) is 0 Å². The highest BCUT2D eigenvalue weighted by Crippen LogP contribution is 2.34. The predicted molar refractivity (Wildman–Crippen MR) is 77.3 cm³/mol. The number of rotatable bonds is 8. The van der Waals surface area contributed by atoms with Crippen LogP contribution in [0.1, 0.15) is 78.1 Å². The lowest BCUT2D eigenvalue weighted by molar-refractivity contribution is 0.209. The quantitative estimate of drug-likeness (QED) is 0.644. The fraction of sp³-hybridized carbons (Fsp3) is 1.00. The minimum atomic E-state index is 0.794. The average Bonchev–Trinajstić information content (AvgIpc) is 2.38. The van der Waals surface area contributed by atoms with E-state index < -0.39 is 0 Å². The van der Waals surface area contributed by atoms with E-state index in [1.807, 2.05) is 0 Å². The Morgan fingerprint density at radius 3 is 2.18 bits per heavy atom. The van der Waals surface area contributed by atoms with Crippen molar-refractivity contribution in [3.63, 3.8) is 0 Å². The van der Waals surface area contributed by atoms with E-state index in [9.17, 15) is 0 Å². The van der Waals surface area contributed by atoms with Gasteiger partial charge in [-0.2, -0.15) is 0 Å². The molecule has 1 atom stereocenters. The van der Waals surface area contributed by atoms with Crippen LogP contribution in [0.5, 0.6) is 0 Å². The summed E-state index contributed by atoms with van der Waals surface area (Å²) in [4.78, 5) is 0. The van der Waals surface area contributed by atoms with Gasteiger partial charge in [0, 0.05) is 6.04 Å². The summed E-state index contributed by atoms with van der Waals surface area (Å²) in [5.41, 5.74) is 0. The first-order valence-corrected chi connectivity index (χ1v) is 7.99. The van der Waals surface area contributed by atoms with Crippen LogP contribution in [0.4, 0.5) is 0 Å². The molecule has 1 aliphatic carbocycles. The maximum Gasteiger partial charge on any atom is 0.00923 e. The molecule has 0 spiro atoms. The third-order valence-electron chi connectivity index (χ3n) is 4.67. The lowest BCUT2D eigenvalue weighted by Gasteiger charge is -2.34. The van der Waals surface area contributed by atoms with E-state index >= 15 is 0 Å². The molecule has 0 saturated heterocycles. The van der Waals surface area contributed by atoms with E-state index in [4.69, 9.17) is 0 Å². The largest absolute Gasteiger partial charge is 0.317 e. The van der Waals surface area contributed by atoms with Gasteiger partial charge >= 0.3 is 0 Å². The summed E-state index contributed by atoms with van der Waals surface area (Å²) in [6, 6.07) is 0.794. The molecule has 0 aliphatic heterocycles.